The van der Waals surface area contributed by atoms with Gasteiger partial charge in [-0.25, -0.2) is 4.98 Å². The van der Waals surface area contributed by atoms with Crippen LogP contribution in [-0.2, 0) is 29.2 Å². The molecule has 0 radical (unpaired) electrons. The molecule has 0 aliphatic rings. The van der Waals surface area contributed by atoms with Gasteiger partial charge in [0, 0.05) is 12.6 Å². The Bertz CT molecular complexity index is 626. The normalized spacial score (nSPS) is 10.3. The molecule has 4 heteroatoms. The first kappa shape index (κ1) is 17.0. The Morgan fingerprint density at radius 3 is 2.57 bits per heavy atom. The third-order valence-electron chi connectivity index (χ3n) is 3.43. The number of carbonyl (C=O) groups is 1. The maximum atomic E-state index is 11.0. The minimum Gasteiger partial charge on any atom is -0.472 e. The van der Waals surface area contributed by atoms with E-state index in [1.807, 2.05) is 42.5 Å². The zero-order valence-electron chi connectivity index (χ0n) is 13.7. The Balaban J connectivity index is 2.11. The number of unbranched alkanes of at least 4 members (excludes halogenated alkanes) is 1. The average Bonchev–Trinajstić information content (AvgIpc) is 2.57. The highest BCUT2D eigenvalue weighted by molar-refractivity contribution is 5.66. The number of nitrogens with zero attached hydrogens (tertiary/aromatic N) is 1. The Morgan fingerprint density at radius 1 is 1.09 bits per heavy atom. The maximum absolute atomic E-state index is 11.0. The Morgan fingerprint density at radius 2 is 1.87 bits per heavy atom. The van der Waals surface area contributed by atoms with Crippen LogP contribution in [0.1, 0.15) is 43.5 Å². The Labute approximate surface area is 137 Å². The molecule has 122 valence electrons. The fourth-order valence-electron chi connectivity index (χ4n) is 2.14. The molecule has 0 saturated heterocycles. The zero-order valence-corrected chi connectivity index (χ0v) is 13.7. The van der Waals surface area contributed by atoms with Crippen LogP contribution >= 0.6 is 0 Å². The van der Waals surface area contributed by atoms with Gasteiger partial charge in [0.1, 0.15) is 13.2 Å². The number of ether oxygens (including phenoxy) is 2. The molecule has 23 heavy (non-hydrogen) atoms. The summed E-state index contributed by atoms with van der Waals surface area (Å²) in [5.74, 6) is 0.234. The van der Waals surface area contributed by atoms with Crippen molar-refractivity contribution >= 4 is 5.97 Å². The van der Waals surface area contributed by atoms with Gasteiger partial charge in [0.2, 0.25) is 5.88 Å². The van der Waals surface area contributed by atoms with E-state index in [4.69, 9.17) is 9.47 Å². The van der Waals surface area contributed by atoms with Crippen molar-refractivity contribution in [3.05, 3.63) is 59.3 Å². The van der Waals surface area contributed by atoms with Crippen molar-refractivity contribution < 1.29 is 14.3 Å². The van der Waals surface area contributed by atoms with Gasteiger partial charge in [-0.2, -0.15) is 0 Å². The summed E-state index contributed by atoms with van der Waals surface area (Å²) in [6, 6.07) is 13.8. The topological polar surface area (TPSA) is 48.4 Å². The number of carbonyl (C=O) groups excluding carboxylic acids is 1. The molecule has 2 aromatic rings. The van der Waals surface area contributed by atoms with Crippen LogP contribution in [0.5, 0.6) is 5.88 Å². The van der Waals surface area contributed by atoms with E-state index >= 15 is 0 Å². The van der Waals surface area contributed by atoms with Crippen molar-refractivity contribution in [2.24, 2.45) is 0 Å². The summed E-state index contributed by atoms with van der Waals surface area (Å²) in [4.78, 5) is 15.6. The molecule has 1 aromatic carbocycles. The second-order valence-corrected chi connectivity index (χ2v) is 5.42. The van der Waals surface area contributed by atoms with Crippen molar-refractivity contribution in [2.75, 3.05) is 0 Å². The van der Waals surface area contributed by atoms with Gasteiger partial charge in [-0.15, -0.1) is 0 Å². The molecular weight excluding hydrogens is 290 g/mol. The van der Waals surface area contributed by atoms with Crippen LogP contribution in [0.2, 0.25) is 0 Å². The van der Waals surface area contributed by atoms with Crippen LogP contribution in [0, 0.1) is 0 Å². The fraction of sp³-hybridized carbons (Fsp3) is 0.368. The molecule has 0 bridgehead atoms. The van der Waals surface area contributed by atoms with Gasteiger partial charge in [0.25, 0.3) is 0 Å². The van der Waals surface area contributed by atoms with E-state index in [0.29, 0.717) is 12.5 Å². The van der Waals surface area contributed by atoms with Crippen LogP contribution in [0.4, 0.5) is 0 Å². The summed E-state index contributed by atoms with van der Waals surface area (Å²) in [5.41, 5.74) is 2.87. The summed E-state index contributed by atoms with van der Waals surface area (Å²) < 4.78 is 11.0. The van der Waals surface area contributed by atoms with Crippen LogP contribution in [-0.4, -0.2) is 11.0 Å². The fourth-order valence-corrected chi connectivity index (χ4v) is 2.14. The van der Waals surface area contributed by atoms with Gasteiger partial charge >= 0.3 is 5.97 Å². The second-order valence-electron chi connectivity index (χ2n) is 5.42. The van der Waals surface area contributed by atoms with Gasteiger partial charge in [-0.3, -0.25) is 4.79 Å². The van der Waals surface area contributed by atoms with Crippen molar-refractivity contribution in [3.63, 3.8) is 0 Å². The summed E-state index contributed by atoms with van der Waals surface area (Å²) >= 11 is 0. The highest BCUT2D eigenvalue weighted by Crippen LogP contribution is 2.20. The standard InChI is InChI=1S/C19H23NO3/c1-3-4-10-18-12-11-17(14-22-15(2)21)19(20-18)23-13-16-8-6-5-7-9-16/h5-9,11-12H,3-4,10,13-14H2,1-2H3. The lowest BCUT2D eigenvalue weighted by Gasteiger charge is -2.12. The minimum atomic E-state index is -0.311. The number of pyridine rings is 1. The average molecular weight is 313 g/mol. The third kappa shape index (κ3) is 5.74. The lowest BCUT2D eigenvalue weighted by atomic mass is 10.1. The molecule has 0 unspecified atom stereocenters. The second kappa shape index (κ2) is 8.93. The lowest BCUT2D eigenvalue weighted by molar-refractivity contribution is -0.142. The number of hydrogen-bond acceptors (Lipinski definition) is 4. The van der Waals surface area contributed by atoms with Crippen LogP contribution in [0.15, 0.2) is 42.5 Å². The predicted molar refractivity (Wildman–Crippen MR) is 89.1 cm³/mol. The Hall–Kier alpha value is -2.36. The van der Waals surface area contributed by atoms with Crippen molar-refractivity contribution in [3.8, 4) is 5.88 Å². The lowest BCUT2D eigenvalue weighted by Crippen LogP contribution is -2.06. The number of esters is 1. The van der Waals surface area contributed by atoms with E-state index in [0.717, 1.165) is 36.1 Å². The molecule has 0 fully saturated rings. The first-order chi connectivity index (χ1) is 11.2. The van der Waals surface area contributed by atoms with Gasteiger partial charge in [0.15, 0.2) is 0 Å². The van der Waals surface area contributed by atoms with Gasteiger partial charge in [0.05, 0.1) is 5.56 Å². The molecule has 0 amide bonds. The molecule has 0 atom stereocenters. The zero-order chi connectivity index (χ0) is 16.5. The van der Waals surface area contributed by atoms with Gasteiger partial charge in [-0.05, 0) is 30.5 Å². The van der Waals surface area contributed by atoms with Crippen molar-refractivity contribution in [1.29, 1.82) is 0 Å². The smallest absolute Gasteiger partial charge is 0.302 e. The maximum Gasteiger partial charge on any atom is 0.302 e. The monoisotopic (exact) mass is 313 g/mol. The summed E-state index contributed by atoms with van der Waals surface area (Å²) in [6.45, 7) is 4.17. The first-order valence-electron chi connectivity index (χ1n) is 7.98. The highest BCUT2D eigenvalue weighted by atomic mass is 16.5. The molecule has 1 heterocycles. The van der Waals surface area contributed by atoms with Gasteiger partial charge < -0.3 is 9.47 Å². The van der Waals surface area contributed by atoms with E-state index < -0.39 is 0 Å². The van der Waals surface area contributed by atoms with Crippen LogP contribution < -0.4 is 4.74 Å². The molecule has 0 aliphatic heterocycles. The number of hydrogen-bond donors (Lipinski definition) is 0. The number of rotatable bonds is 8. The molecule has 0 spiro atoms. The van der Waals surface area contributed by atoms with Gasteiger partial charge in [-0.1, -0.05) is 43.7 Å². The summed E-state index contributed by atoms with van der Waals surface area (Å²) in [7, 11) is 0. The SMILES string of the molecule is CCCCc1ccc(COC(C)=O)c(OCc2ccccc2)n1. The Kier molecular flexibility index (Phi) is 6.60. The summed E-state index contributed by atoms with van der Waals surface area (Å²) in [6.07, 6.45) is 3.14. The van der Waals surface area contributed by atoms with E-state index in [1.54, 1.807) is 0 Å². The molecule has 1 aromatic heterocycles. The largest absolute Gasteiger partial charge is 0.472 e. The van der Waals surface area contributed by atoms with E-state index in [9.17, 15) is 4.79 Å². The van der Waals surface area contributed by atoms with Crippen molar-refractivity contribution in [1.82, 2.24) is 4.98 Å². The van der Waals surface area contributed by atoms with Crippen LogP contribution in [0.3, 0.4) is 0 Å². The van der Waals surface area contributed by atoms with E-state index in [-0.39, 0.29) is 12.6 Å². The molecule has 4 nitrogen and oxygen atoms in total. The number of aromatic nitrogens is 1. The quantitative estimate of drug-likeness (QED) is 0.689. The van der Waals surface area contributed by atoms with E-state index in [2.05, 4.69) is 11.9 Å². The summed E-state index contributed by atoms with van der Waals surface area (Å²) in [5, 5.41) is 0. The molecule has 2 rings (SSSR count). The highest BCUT2D eigenvalue weighted by Gasteiger charge is 2.09. The van der Waals surface area contributed by atoms with Crippen molar-refractivity contribution in [2.45, 2.75) is 46.3 Å². The minimum absolute atomic E-state index is 0.181. The molecular formula is C19H23NO3. The number of aryl methyl sites for hydroxylation is 1. The molecule has 0 aliphatic carbocycles. The predicted octanol–water partition coefficient (Wildman–Crippen LogP) is 4.07. The molecule has 0 N–H and O–H groups in total. The third-order valence-corrected chi connectivity index (χ3v) is 3.43. The first-order valence-corrected chi connectivity index (χ1v) is 7.98. The van der Waals surface area contributed by atoms with Crippen LogP contribution in [0.25, 0.3) is 0 Å². The number of benzene rings is 1. The molecule has 0 saturated carbocycles. The van der Waals surface area contributed by atoms with E-state index in [1.165, 1.54) is 6.92 Å².